The molecule has 0 aliphatic carbocycles. The summed E-state index contributed by atoms with van der Waals surface area (Å²) in [6.07, 6.45) is 1.84. The third-order valence-electron chi connectivity index (χ3n) is 7.71. The third kappa shape index (κ3) is 7.67. The molecule has 0 unspecified atom stereocenters. The fourth-order valence-electron chi connectivity index (χ4n) is 5.56. The minimum atomic E-state index is -1.14. The number of hydrogen-bond acceptors (Lipinski definition) is 6. The predicted molar refractivity (Wildman–Crippen MR) is 164 cm³/mol. The van der Waals surface area contributed by atoms with Crippen LogP contribution in [0.15, 0.2) is 133 Å². The topological polar surface area (TPSA) is 55.4 Å². The van der Waals surface area contributed by atoms with Crippen molar-refractivity contribution in [3.8, 4) is 0 Å². The van der Waals surface area contributed by atoms with E-state index >= 15 is 0 Å². The molecule has 1 fully saturated rings. The molecule has 0 N–H and O–H groups in total. The van der Waals surface area contributed by atoms with Crippen LogP contribution in [-0.4, -0.2) is 43.4 Å². The molecule has 222 valence electrons. The minimum Gasteiger partial charge on any atom is -0.374 e. The molecule has 43 heavy (non-hydrogen) atoms. The van der Waals surface area contributed by atoms with E-state index in [1.165, 1.54) is 0 Å². The highest BCUT2D eigenvalue weighted by Crippen LogP contribution is 2.40. The Labute approximate surface area is 253 Å². The Bertz CT molecular complexity index is 1400. The van der Waals surface area contributed by atoms with Gasteiger partial charge in [0.2, 0.25) is 5.79 Å². The predicted octanol–water partition coefficient (Wildman–Crippen LogP) is 6.64. The molecule has 0 radical (unpaired) electrons. The molecule has 1 saturated heterocycles. The highest BCUT2D eigenvalue weighted by Gasteiger charge is 2.57. The lowest BCUT2D eigenvalue weighted by atomic mass is 9.91. The van der Waals surface area contributed by atoms with E-state index in [0.717, 1.165) is 22.3 Å². The number of rotatable bonds is 13. The molecule has 0 amide bonds. The van der Waals surface area contributed by atoms with E-state index in [4.69, 9.17) is 28.4 Å². The number of benzene rings is 4. The Morgan fingerprint density at radius 3 is 1.51 bits per heavy atom. The van der Waals surface area contributed by atoms with Crippen molar-refractivity contribution in [2.45, 2.75) is 56.6 Å². The van der Waals surface area contributed by atoms with Crippen molar-refractivity contribution in [1.29, 1.82) is 0 Å². The van der Waals surface area contributed by atoms with Crippen LogP contribution in [0.5, 0.6) is 0 Å². The molecule has 4 aromatic rings. The van der Waals surface area contributed by atoms with E-state index in [1.54, 1.807) is 0 Å². The monoisotopic (exact) mass is 578 g/mol. The molecule has 6 heteroatoms. The fraction of sp³-hybridized carbons (Fsp3) is 0.297. The van der Waals surface area contributed by atoms with Crippen molar-refractivity contribution in [2.75, 3.05) is 13.2 Å². The highest BCUT2D eigenvalue weighted by atomic mass is 16.7. The van der Waals surface area contributed by atoms with Crippen LogP contribution in [-0.2, 0) is 54.8 Å². The molecule has 1 spiro atoms. The second-order valence-electron chi connectivity index (χ2n) is 10.8. The molecule has 0 saturated carbocycles. The molecule has 2 aliphatic rings. The van der Waals surface area contributed by atoms with E-state index in [-0.39, 0.29) is 0 Å². The summed E-state index contributed by atoms with van der Waals surface area (Å²) in [5, 5.41) is 0. The number of hydrogen-bond donors (Lipinski definition) is 0. The average molecular weight is 579 g/mol. The second kappa shape index (κ2) is 14.7. The Hall–Kier alpha value is -3.62. The lowest BCUT2D eigenvalue weighted by Crippen LogP contribution is -2.66. The Balaban J connectivity index is 1.30. The molecule has 5 atom stereocenters. The first-order chi connectivity index (χ1) is 21.3. The number of ether oxygens (including phenoxy) is 6. The third-order valence-corrected chi connectivity index (χ3v) is 7.71. The van der Waals surface area contributed by atoms with E-state index in [9.17, 15) is 0 Å². The van der Waals surface area contributed by atoms with Gasteiger partial charge in [-0.15, -0.1) is 0 Å². The quantitative estimate of drug-likeness (QED) is 0.166. The largest absolute Gasteiger partial charge is 0.374 e. The standard InChI is InChI=1S/C37H38O6/c1-5-14-29(15-6-1)24-38-28-33-34(39-25-30-16-7-2-8-17-30)35(40-26-31-18-9-3-10-19-31)36(37(43-33)22-13-23-42-37)41-27-32-20-11-4-12-21-32/h1-22,33-36H,23-28H2/t33-,34-,35+,36+,37+/m1/s1. The summed E-state index contributed by atoms with van der Waals surface area (Å²) in [7, 11) is 0. The second-order valence-corrected chi connectivity index (χ2v) is 10.8. The zero-order chi connectivity index (χ0) is 29.2. The zero-order valence-corrected chi connectivity index (χ0v) is 24.2. The summed E-state index contributed by atoms with van der Waals surface area (Å²) in [4.78, 5) is 0. The molecular weight excluding hydrogens is 540 g/mol. The van der Waals surface area contributed by atoms with Gasteiger partial charge in [-0.25, -0.2) is 0 Å². The maximum atomic E-state index is 6.79. The van der Waals surface area contributed by atoms with Gasteiger partial charge < -0.3 is 28.4 Å². The summed E-state index contributed by atoms with van der Waals surface area (Å²) in [6, 6.07) is 40.5. The van der Waals surface area contributed by atoms with Crippen molar-refractivity contribution in [1.82, 2.24) is 0 Å². The molecule has 2 heterocycles. The van der Waals surface area contributed by atoms with Gasteiger partial charge in [-0.1, -0.05) is 127 Å². The van der Waals surface area contributed by atoms with Gasteiger partial charge in [-0.2, -0.15) is 0 Å². The van der Waals surface area contributed by atoms with Gasteiger partial charge >= 0.3 is 0 Å². The average Bonchev–Trinajstić information content (AvgIpc) is 3.53. The van der Waals surface area contributed by atoms with Gasteiger partial charge in [-0.05, 0) is 28.3 Å². The van der Waals surface area contributed by atoms with E-state index in [2.05, 4.69) is 36.4 Å². The van der Waals surface area contributed by atoms with Crippen molar-refractivity contribution in [3.05, 3.63) is 156 Å². The van der Waals surface area contributed by atoms with E-state index in [1.807, 2.05) is 97.1 Å². The first-order valence-electron chi connectivity index (χ1n) is 14.9. The van der Waals surface area contributed by atoms with Crippen LogP contribution in [0.25, 0.3) is 0 Å². The fourth-order valence-corrected chi connectivity index (χ4v) is 5.56. The van der Waals surface area contributed by atoms with Crippen molar-refractivity contribution in [2.24, 2.45) is 0 Å². The van der Waals surface area contributed by atoms with Crippen LogP contribution >= 0.6 is 0 Å². The molecule has 2 aliphatic heterocycles. The zero-order valence-electron chi connectivity index (χ0n) is 24.2. The summed E-state index contributed by atoms with van der Waals surface area (Å²) in [6.45, 7) is 2.33. The summed E-state index contributed by atoms with van der Waals surface area (Å²) < 4.78 is 39.5. The van der Waals surface area contributed by atoms with Gasteiger partial charge in [0.05, 0.1) is 39.6 Å². The first kappa shape index (κ1) is 29.5. The summed E-state index contributed by atoms with van der Waals surface area (Å²) in [5.41, 5.74) is 4.27. The lowest BCUT2D eigenvalue weighted by molar-refractivity contribution is -0.357. The van der Waals surface area contributed by atoms with Crippen LogP contribution in [0.4, 0.5) is 0 Å². The van der Waals surface area contributed by atoms with E-state index < -0.39 is 30.2 Å². The minimum absolute atomic E-state index is 0.296. The SMILES string of the molecule is C1=C[C@]2(OC1)O[C@H](COCc1ccccc1)[C@@H](OCc1ccccc1)[C@H](OCc1ccccc1)[C@@H]2OCc1ccccc1. The summed E-state index contributed by atoms with van der Waals surface area (Å²) >= 11 is 0. The van der Waals surface area contributed by atoms with Crippen LogP contribution in [0.2, 0.25) is 0 Å². The molecule has 0 bridgehead atoms. The van der Waals surface area contributed by atoms with Gasteiger partial charge in [0.25, 0.3) is 0 Å². The van der Waals surface area contributed by atoms with Crippen LogP contribution < -0.4 is 0 Å². The first-order valence-corrected chi connectivity index (χ1v) is 14.9. The van der Waals surface area contributed by atoms with Gasteiger partial charge in [0.15, 0.2) is 0 Å². The van der Waals surface area contributed by atoms with Crippen molar-refractivity contribution >= 4 is 0 Å². The lowest BCUT2D eigenvalue weighted by Gasteiger charge is -2.50. The smallest absolute Gasteiger partial charge is 0.218 e. The molecular formula is C37H38O6. The van der Waals surface area contributed by atoms with Crippen molar-refractivity contribution < 1.29 is 28.4 Å². The van der Waals surface area contributed by atoms with Crippen LogP contribution in [0.1, 0.15) is 22.3 Å². The van der Waals surface area contributed by atoms with Gasteiger partial charge in [0.1, 0.15) is 24.4 Å². The molecule has 6 rings (SSSR count). The van der Waals surface area contributed by atoms with E-state index in [0.29, 0.717) is 39.6 Å². The maximum Gasteiger partial charge on any atom is 0.218 e. The van der Waals surface area contributed by atoms with Gasteiger partial charge in [0, 0.05) is 0 Å². The Kier molecular flexibility index (Phi) is 10.1. The van der Waals surface area contributed by atoms with Crippen LogP contribution in [0.3, 0.4) is 0 Å². The maximum absolute atomic E-state index is 6.79. The Morgan fingerprint density at radius 1 is 0.558 bits per heavy atom. The molecule has 0 aromatic heterocycles. The highest BCUT2D eigenvalue weighted by molar-refractivity contribution is 5.19. The van der Waals surface area contributed by atoms with Gasteiger partial charge in [-0.3, -0.25) is 0 Å². The molecule has 6 nitrogen and oxygen atoms in total. The van der Waals surface area contributed by atoms with Crippen LogP contribution in [0, 0.1) is 0 Å². The summed E-state index contributed by atoms with van der Waals surface area (Å²) in [5.74, 6) is -1.14. The normalized spacial score (nSPS) is 24.8. The van der Waals surface area contributed by atoms with Crippen molar-refractivity contribution in [3.63, 3.8) is 0 Å². The Morgan fingerprint density at radius 2 is 1.02 bits per heavy atom. The molecule has 4 aromatic carbocycles.